The zero-order valence-electron chi connectivity index (χ0n) is 19.4. The molecule has 1 saturated heterocycles. The van der Waals surface area contributed by atoms with Crippen LogP contribution in [0.25, 0.3) is 22.1 Å². The number of carbonyl (C=O) groups excluding carboxylic acids is 2. The highest BCUT2D eigenvalue weighted by molar-refractivity contribution is 6.07. The van der Waals surface area contributed by atoms with E-state index < -0.39 is 0 Å². The van der Waals surface area contributed by atoms with E-state index in [1.807, 2.05) is 46.8 Å². The number of nitrogens with one attached hydrogen (secondary N) is 1. The molecule has 2 amide bonds. The maximum Gasteiger partial charge on any atom is 0.270 e. The molecule has 1 aliphatic carbocycles. The van der Waals surface area contributed by atoms with Gasteiger partial charge in [-0.15, -0.1) is 0 Å². The van der Waals surface area contributed by atoms with Gasteiger partial charge in [-0.2, -0.15) is 0 Å². The summed E-state index contributed by atoms with van der Waals surface area (Å²) in [5.74, 6) is 0.0708. The second-order valence-corrected chi connectivity index (χ2v) is 9.62. The predicted octanol–water partition coefficient (Wildman–Crippen LogP) is 4.97. The third kappa shape index (κ3) is 3.49. The fourth-order valence-corrected chi connectivity index (χ4v) is 5.74. The van der Waals surface area contributed by atoms with Crippen LogP contribution in [0.3, 0.4) is 0 Å². The number of rotatable bonds is 3. The number of furan rings is 1. The van der Waals surface area contributed by atoms with Gasteiger partial charge in [-0.1, -0.05) is 36.4 Å². The molecule has 6 nitrogen and oxygen atoms in total. The molecule has 1 aliphatic heterocycles. The van der Waals surface area contributed by atoms with E-state index in [9.17, 15) is 9.59 Å². The maximum atomic E-state index is 13.3. The first-order chi connectivity index (χ1) is 16.6. The number of aryl methyl sites for hydroxylation is 2. The maximum absolute atomic E-state index is 13.3. The third-order valence-corrected chi connectivity index (χ3v) is 7.62. The average molecular weight is 456 g/mol. The highest BCUT2D eigenvalue weighted by Gasteiger charge is 2.31. The molecule has 3 heterocycles. The van der Waals surface area contributed by atoms with Gasteiger partial charge in [-0.05, 0) is 55.4 Å². The fourth-order valence-electron chi connectivity index (χ4n) is 5.74. The second kappa shape index (κ2) is 8.35. The summed E-state index contributed by atoms with van der Waals surface area (Å²) in [6.07, 6.45) is 4.56. The van der Waals surface area contributed by atoms with Crippen LogP contribution in [-0.4, -0.2) is 34.4 Å². The Kier molecular flexibility index (Phi) is 5.16. The van der Waals surface area contributed by atoms with Crippen molar-refractivity contribution in [1.82, 2.24) is 14.8 Å². The molecule has 6 heteroatoms. The molecule has 2 aromatic heterocycles. The monoisotopic (exact) mass is 455 g/mol. The van der Waals surface area contributed by atoms with E-state index >= 15 is 0 Å². The van der Waals surface area contributed by atoms with Gasteiger partial charge < -0.3 is 19.2 Å². The van der Waals surface area contributed by atoms with Crippen LogP contribution >= 0.6 is 0 Å². The van der Waals surface area contributed by atoms with E-state index in [-0.39, 0.29) is 23.8 Å². The lowest BCUT2D eigenvalue weighted by atomic mass is 9.87. The van der Waals surface area contributed by atoms with Crippen LogP contribution in [-0.2, 0) is 18.3 Å². The van der Waals surface area contributed by atoms with Crippen LogP contribution in [0.4, 0.5) is 0 Å². The Balaban J connectivity index is 1.12. The van der Waals surface area contributed by atoms with Crippen LogP contribution in [0.2, 0.25) is 0 Å². The lowest BCUT2D eigenvalue weighted by Crippen LogP contribution is -2.44. The molecule has 1 fully saturated rings. The van der Waals surface area contributed by atoms with Crippen molar-refractivity contribution in [2.75, 3.05) is 13.1 Å². The molecule has 34 heavy (non-hydrogen) atoms. The molecule has 4 aromatic rings. The molecule has 0 bridgehead atoms. The van der Waals surface area contributed by atoms with Crippen molar-refractivity contribution in [2.45, 2.75) is 38.1 Å². The molecule has 1 unspecified atom stereocenters. The van der Waals surface area contributed by atoms with Gasteiger partial charge in [0.1, 0.15) is 11.3 Å². The number of piperidine rings is 1. The number of aromatic nitrogens is 1. The quantitative estimate of drug-likeness (QED) is 0.474. The van der Waals surface area contributed by atoms with Crippen molar-refractivity contribution in [2.24, 2.45) is 13.0 Å². The number of benzene rings is 2. The van der Waals surface area contributed by atoms with E-state index in [1.165, 1.54) is 11.1 Å². The van der Waals surface area contributed by atoms with Gasteiger partial charge >= 0.3 is 0 Å². The van der Waals surface area contributed by atoms with Crippen LogP contribution in [0.15, 0.2) is 59.0 Å². The SMILES string of the molecule is Cn1c(C(=O)N2CCC(C(=O)NC3CCCc4ccccc43)CC2)cc2oc3ccccc3c21. The molecule has 174 valence electrons. The summed E-state index contributed by atoms with van der Waals surface area (Å²) >= 11 is 0. The van der Waals surface area contributed by atoms with Gasteiger partial charge in [0.05, 0.1) is 11.6 Å². The predicted molar refractivity (Wildman–Crippen MR) is 132 cm³/mol. The average Bonchev–Trinajstić information content (AvgIpc) is 3.40. The minimum absolute atomic E-state index is 0.00181. The number of para-hydroxylation sites is 1. The Morgan fingerprint density at radius 2 is 1.74 bits per heavy atom. The van der Waals surface area contributed by atoms with Crippen LogP contribution in [0.5, 0.6) is 0 Å². The largest absolute Gasteiger partial charge is 0.454 e. The molecule has 0 spiro atoms. The van der Waals surface area contributed by atoms with Gasteiger partial charge in [0, 0.05) is 37.5 Å². The van der Waals surface area contributed by atoms with Crippen molar-refractivity contribution < 1.29 is 14.0 Å². The highest BCUT2D eigenvalue weighted by atomic mass is 16.3. The van der Waals surface area contributed by atoms with Crippen LogP contribution in [0, 0.1) is 5.92 Å². The number of likely N-dealkylation sites (tertiary alicyclic amines) is 1. The summed E-state index contributed by atoms with van der Waals surface area (Å²) in [7, 11) is 1.92. The van der Waals surface area contributed by atoms with E-state index in [0.29, 0.717) is 31.6 Å². The minimum atomic E-state index is -0.0493. The minimum Gasteiger partial charge on any atom is -0.454 e. The van der Waals surface area contributed by atoms with Crippen LogP contribution < -0.4 is 5.32 Å². The summed E-state index contributed by atoms with van der Waals surface area (Å²) in [5, 5.41) is 4.31. The molecule has 6 rings (SSSR count). The topological polar surface area (TPSA) is 67.5 Å². The van der Waals surface area contributed by atoms with Crippen molar-refractivity contribution >= 4 is 33.9 Å². The number of amides is 2. The van der Waals surface area contributed by atoms with E-state index in [1.54, 1.807) is 0 Å². The molecular formula is C28H29N3O3. The number of nitrogens with zero attached hydrogens (tertiary/aromatic N) is 2. The normalized spacial score (nSPS) is 18.9. The van der Waals surface area contributed by atoms with Crippen molar-refractivity contribution in [1.29, 1.82) is 0 Å². The summed E-state index contributed by atoms with van der Waals surface area (Å²) in [6, 6.07) is 18.3. The second-order valence-electron chi connectivity index (χ2n) is 9.62. The van der Waals surface area contributed by atoms with Gasteiger partial charge in [0.15, 0.2) is 5.58 Å². The van der Waals surface area contributed by atoms with Crippen molar-refractivity contribution in [3.8, 4) is 0 Å². The lowest BCUT2D eigenvalue weighted by molar-refractivity contribution is -0.127. The molecule has 1 N–H and O–H groups in total. The first-order valence-corrected chi connectivity index (χ1v) is 12.2. The third-order valence-electron chi connectivity index (χ3n) is 7.62. The summed E-state index contributed by atoms with van der Waals surface area (Å²) < 4.78 is 7.89. The Morgan fingerprint density at radius 1 is 0.971 bits per heavy atom. The van der Waals surface area contributed by atoms with Gasteiger partial charge in [-0.3, -0.25) is 9.59 Å². The van der Waals surface area contributed by atoms with Gasteiger partial charge in [0.2, 0.25) is 5.91 Å². The molecule has 2 aromatic carbocycles. The summed E-state index contributed by atoms with van der Waals surface area (Å²) in [6.45, 7) is 1.18. The number of hydrogen-bond acceptors (Lipinski definition) is 3. The number of hydrogen-bond donors (Lipinski definition) is 1. The van der Waals surface area contributed by atoms with Crippen molar-refractivity contribution in [3.05, 3.63) is 71.4 Å². The highest BCUT2D eigenvalue weighted by Crippen LogP contribution is 2.32. The molecule has 0 saturated carbocycles. The van der Waals surface area contributed by atoms with Gasteiger partial charge in [0.25, 0.3) is 5.91 Å². The zero-order valence-corrected chi connectivity index (χ0v) is 19.4. The van der Waals surface area contributed by atoms with Crippen molar-refractivity contribution in [3.63, 3.8) is 0 Å². The van der Waals surface area contributed by atoms with E-state index in [0.717, 1.165) is 41.3 Å². The zero-order chi connectivity index (χ0) is 23.2. The fraction of sp³-hybridized carbons (Fsp3) is 0.357. The Bertz CT molecular complexity index is 1390. The van der Waals surface area contributed by atoms with E-state index in [4.69, 9.17) is 4.42 Å². The molecular weight excluding hydrogens is 426 g/mol. The lowest BCUT2D eigenvalue weighted by Gasteiger charge is -2.33. The smallest absolute Gasteiger partial charge is 0.270 e. The summed E-state index contributed by atoms with van der Waals surface area (Å²) in [4.78, 5) is 28.2. The molecule has 0 radical (unpaired) electrons. The first-order valence-electron chi connectivity index (χ1n) is 12.2. The summed E-state index contributed by atoms with van der Waals surface area (Å²) in [5.41, 5.74) is 5.74. The molecule has 1 atom stereocenters. The standard InChI is InChI=1S/C28H29N3O3/c1-30-23(17-25-26(30)21-10-4-5-12-24(21)34-25)28(33)31-15-13-19(14-16-31)27(32)29-22-11-6-8-18-7-2-3-9-20(18)22/h2-5,7,9-10,12,17,19,22H,6,8,11,13-16H2,1H3,(H,29,32). The number of carbonyl (C=O) groups is 2. The van der Waals surface area contributed by atoms with Crippen LogP contribution in [0.1, 0.15) is 53.3 Å². The number of fused-ring (bicyclic) bond motifs is 4. The van der Waals surface area contributed by atoms with Gasteiger partial charge in [-0.25, -0.2) is 0 Å². The molecule has 2 aliphatic rings. The Hall–Kier alpha value is -3.54. The first kappa shape index (κ1) is 21.0. The van der Waals surface area contributed by atoms with E-state index in [2.05, 4.69) is 29.6 Å². The Labute approximate surface area is 198 Å². The Morgan fingerprint density at radius 3 is 2.59 bits per heavy atom.